The number of hydrogen-bond acceptors (Lipinski definition) is 7. The molecule has 0 saturated heterocycles. The van der Waals surface area contributed by atoms with Crippen molar-refractivity contribution in [3.05, 3.63) is 93.5 Å². The minimum atomic E-state index is -0.876. The Morgan fingerprint density at radius 3 is 2.00 bits per heavy atom. The van der Waals surface area contributed by atoms with Crippen LogP contribution in [0.4, 0.5) is 11.4 Å². The third kappa shape index (κ3) is 3.20. The molecular weight excluding hydrogens is 394 g/mol. The second-order valence-electron chi connectivity index (χ2n) is 7.01. The zero-order valence-electron chi connectivity index (χ0n) is 16.3. The van der Waals surface area contributed by atoms with Crippen molar-refractivity contribution in [1.82, 2.24) is 0 Å². The zero-order chi connectivity index (χ0) is 22.1. The second kappa shape index (κ2) is 7.76. The van der Waals surface area contributed by atoms with Crippen molar-refractivity contribution < 1.29 is 19.1 Å². The summed E-state index contributed by atoms with van der Waals surface area (Å²) >= 11 is 0. The topological polar surface area (TPSA) is 136 Å². The number of carbonyl (C=O) groups excluding carboxylic acids is 3. The molecule has 152 valence electrons. The molecule has 0 saturated carbocycles. The molecule has 4 rings (SSSR count). The van der Waals surface area contributed by atoms with Crippen molar-refractivity contribution in [2.24, 2.45) is 0 Å². The molecule has 31 heavy (non-hydrogen) atoms. The number of ketones is 2. The predicted molar refractivity (Wildman–Crippen MR) is 114 cm³/mol. The number of nitriles is 1. The van der Waals surface area contributed by atoms with Crippen LogP contribution in [0, 0.1) is 11.3 Å². The fourth-order valence-corrected chi connectivity index (χ4v) is 3.72. The summed E-state index contributed by atoms with van der Waals surface area (Å²) in [4.78, 5) is 38.9. The van der Waals surface area contributed by atoms with Crippen LogP contribution < -0.4 is 11.5 Å². The Balaban J connectivity index is 1.75. The molecule has 4 N–H and O–H groups in total. The molecule has 0 aromatic heterocycles. The Morgan fingerprint density at radius 1 is 0.871 bits per heavy atom. The van der Waals surface area contributed by atoms with E-state index in [0.29, 0.717) is 6.42 Å². The van der Waals surface area contributed by atoms with Crippen molar-refractivity contribution in [2.75, 3.05) is 18.1 Å². The molecular formula is C24H17N3O4. The van der Waals surface area contributed by atoms with E-state index >= 15 is 0 Å². The molecule has 1 aliphatic rings. The first-order valence-electron chi connectivity index (χ1n) is 9.50. The van der Waals surface area contributed by atoms with E-state index in [1.165, 1.54) is 12.1 Å². The maximum atomic E-state index is 13.1. The highest BCUT2D eigenvalue weighted by atomic mass is 16.5. The number of hydrogen-bond donors (Lipinski definition) is 2. The van der Waals surface area contributed by atoms with Gasteiger partial charge in [0.05, 0.1) is 34.7 Å². The van der Waals surface area contributed by atoms with Gasteiger partial charge in [0, 0.05) is 17.5 Å². The van der Waals surface area contributed by atoms with Crippen molar-refractivity contribution >= 4 is 28.9 Å². The summed E-state index contributed by atoms with van der Waals surface area (Å²) in [5, 5.41) is 9.64. The molecule has 0 atom stereocenters. The van der Waals surface area contributed by atoms with Crippen molar-refractivity contribution in [2.45, 2.75) is 6.42 Å². The summed E-state index contributed by atoms with van der Waals surface area (Å²) in [5.41, 5.74) is 12.1. The van der Waals surface area contributed by atoms with Gasteiger partial charge in [-0.15, -0.1) is 0 Å². The lowest BCUT2D eigenvalue weighted by molar-refractivity contribution is 0.0510. The fraction of sp³-hybridized carbons (Fsp3) is 0.0833. The molecule has 0 unspecified atom stereocenters. The summed E-state index contributed by atoms with van der Waals surface area (Å²) in [6.45, 7) is 0.0415. The maximum Gasteiger partial charge on any atom is 0.341 e. The van der Waals surface area contributed by atoms with Crippen molar-refractivity contribution in [3.8, 4) is 6.07 Å². The molecule has 0 fully saturated rings. The van der Waals surface area contributed by atoms with Gasteiger partial charge in [-0.25, -0.2) is 4.79 Å². The van der Waals surface area contributed by atoms with E-state index in [1.54, 1.807) is 12.1 Å². The van der Waals surface area contributed by atoms with Gasteiger partial charge in [-0.3, -0.25) is 9.59 Å². The number of nitrogens with two attached hydrogens (primary N) is 2. The molecule has 0 heterocycles. The van der Waals surface area contributed by atoms with Gasteiger partial charge in [-0.05, 0) is 5.56 Å². The molecule has 0 amide bonds. The fourth-order valence-electron chi connectivity index (χ4n) is 3.72. The number of carbonyl (C=O) groups is 3. The van der Waals surface area contributed by atoms with Crippen LogP contribution in [0.2, 0.25) is 0 Å². The summed E-state index contributed by atoms with van der Waals surface area (Å²) in [6.07, 6.45) is 0.458. The molecule has 0 radical (unpaired) electrons. The highest BCUT2D eigenvalue weighted by Gasteiger charge is 2.37. The molecule has 7 heteroatoms. The SMILES string of the molecule is N#Cc1c(N)c2c(c(N)c1C(=O)OCCc1ccccc1)C(=O)c1ccccc1C2=O. The smallest absolute Gasteiger partial charge is 0.341 e. The largest absolute Gasteiger partial charge is 0.462 e. The molecule has 7 nitrogen and oxygen atoms in total. The van der Waals surface area contributed by atoms with Gasteiger partial charge in [0.1, 0.15) is 11.6 Å². The van der Waals surface area contributed by atoms with Gasteiger partial charge in [0.15, 0.2) is 11.6 Å². The van der Waals surface area contributed by atoms with Crippen LogP contribution in [0.15, 0.2) is 54.6 Å². The number of esters is 1. The Hall–Kier alpha value is -4.44. The molecule has 0 aliphatic heterocycles. The summed E-state index contributed by atoms with van der Waals surface area (Å²) < 4.78 is 5.31. The summed E-state index contributed by atoms with van der Waals surface area (Å²) in [7, 11) is 0. The first kappa shape index (κ1) is 19.9. The Labute approximate surface area is 177 Å². The van der Waals surface area contributed by atoms with Crippen molar-refractivity contribution in [1.29, 1.82) is 5.26 Å². The minimum absolute atomic E-state index is 0.0415. The second-order valence-corrected chi connectivity index (χ2v) is 7.01. The Morgan fingerprint density at radius 2 is 1.42 bits per heavy atom. The number of rotatable bonds is 4. The summed E-state index contributed by atoms with van der Waals surface area (Å²) in [6, 6.07) is 17.5. The number of fused-ring (bicyclic) bond motifs is 2. The van der Waals surface area contributed by atoms with Crippen LogP contribution in [0.25, 0.3) is 0 Å². The van der Waals surface area contributed by atoms with Gasteiger partial charge >= 0.3 is 5.97 Å². The number of benzene rings is 3. The quantitative estimate of drug-likeness (QED) is 0.389. The molecule has 0 spiro atoms. The van der Waals surface area contributed by atoms with Crippen LogP contribution in [-0.4, -0.2) is 24.1 Å². The van der Waals surface area contributed by atoms with Crippen LogP contribution in [0.3, 0.4) is 0 Å². The van der Waals surface area contributed by atoms with Gasteiger partial charge in [0.2, 0.25) is 0 Å². The average Bonchev–Trinajstić information content (AvgIpc) is 2.79. The van der Waals surface area contributed by atoms with Crippen LogP contribution in [0.5, 0.6) is 0 Å². The first-order valence-corrected chi connectivity index (χ1v) is 9.50. The first-order chi connectivity index (χ1) is 15.0. The van der Waals surface area contributed by atoms with E-state index in [2.05, 4.69) is 0 Å². The standard InChI is InChI=1S/C24H17N3O4/c25-12-16-17(24(30)31-11-10-13-6-2-1-3-7-13)21(27)19-18(20(16)26)22(28)14-8-4-5-9-15(14)23(19)29/h1-9H,10-11,26-27H2. The van der Waals surface area contributed by atoms with Gasteiger partial charge in [-0.2, -0.15) is 5.26 Å². The zero-order valence-corrected chi connectivity index (χ0v) is 16.3. The predicted octanol–water partition coefficient (Wildman–Crippen LogP) is 2.90. The highest BCUT2D eigenvalue weighted by Crippen LogP contribution is 2.39. The normalized spacial score (nSPS) is 12.0. The van der Waals surface area contributed by atoms with Gasteiger partial charge in [-0.1, -0.05) is 54.6 Å². The third-order valence-electron chi connectivity index (χ3n) is 5.23. The monoisotopic (exact) mass is 411 g/mol. The lowest BCUT2D eigenvalue weighted by Gasteiger charge is -2.23. The van der Waals surface area contributed by atoms with Crippen LogP contribution >= 0.6 is 0 Å². The van der Waals surface area contributed by atoms with Gasteiger partial charge < -0.3 is 16.2 Å². The van der Waals surface area contributed by atoms with Crippen molar-refractivity contribution in [3.63, 3.8) is 0 Å². The van der Waals surface area contributed by atoms with E-state index < -0.39 is 17.5 Å². The van der Waals surface area contributed by atoms with Crippen LogP contribution in [-0.2, 0) is 11.2 Å². The lowest BCUT2D eigenvalue weighted by Crippen LogP contribution is -2.27. The van der Waals surface area contributed by atoms with E-state index in [0.717, 1.165) is 5.56 Å². The number of anilines is 2. The van der Waals surface area contributed by atoms with E-state index in [9.17, 15) is 19.6 Å². The molecule has 0 bridgehead atoms. The van der Waals surface area contributed by atoms with E-state index in [1.807, 2.05) is 36.4 Å². The summed E-state index contributed by atoms with van der Waals surface area (Å²) in [5.74, 6) is -1.93. The molecule has 3 aromatic rings. The van der Waals surface area contributed by atoms with Crippen LogP contribution in [0.1, 0.15) is 53.3 Å². The molecule has 3 aromatic carbocycles. The molecule has 1 aliphatic carbocycles. The van der Waals surface area contributed by atoms with Gasteiger partial charge in [0.25, 0.3) is 0 Å². The minimum Gasteiger partial charge on any atom is -0.462 e. The maximum absolute atomic E-state index is 13.1. The third-order valence-corrected chi connectivity index (χ3v) is 5.23. The highest BCUT2D eigenvalue weighted by molar-refractivity contribution is 6.33. The van der Waals surface area contributed by atoms with E-state index in [-0.39, 0.29) is 51.4 Å². The lowest BCUT2D eigenvalue weighted by atomic mass is 9.80. The number of nitrogens with zero attached hydrogens (tertiary/aromatic N) is 1. The Bertz CT molecular complexity index is 1290. The number of nitrogen functional groups attached to an aromatic ring is 2. The number of ether oxygens (including phenoxy) is 1. The Kier molecular flexibility index (Phi) is 4.97. The average molecular weight is 411 g/mol. The van der Waals surface area contributed by atoms with E-state index in [4.69, 9.17) is 16.2 Å².